The number of allylic oxidation sites excluding steroid dienone is 5. The van der Waals surface area contributed by atoms with Crippen molar-refractivity contribution in [2.24, 2.45) is 0 Å². The zero-order valence-corrected chi connectivity index (χ0v) is 10.4. The molecule has 6 heteroatoms. The molecule has 0 saturated heterocycles. The number of rotatable bonds is 4. The van der Waals surface area contributed by atoms with Crippen LogP contribution in [0.2, 0.25) is 0 Å². The molecule has 0 radical (unpaired) electrons. The minimum Gasteiger partial charge on any atom is -0.302 e. The molecular weight excluding hydrogens is 309 g/mol. The van der Waals surface area contributed by atoms with Gasteiger partial charge in [-0.2, -0.15) is 0 Å². The van der Waals surface area contributed by atoms with E-state index in [1.807, 2.05) is 5.32 Å². The quantitative estimate of drug-likeness (QED) is 0.244. The summed E-state index contributed by atoms with van der Waals surface area (Å²) < 4.78 is -0.444. The van der Waals surface area contributed by atoms with E-state index in [1.165, 1.54) is 22.6 Å². The van der Waals surface area contributed by atoms with Crippen molar-refractivity contribution in [3.63, 3.8) is 0 Å². The highest BCUT2D eigenvalue weighted by Gasteiger charge is 2.01. The summed E-state index contributed by atoms with van der Waals surface area (Å²) in [6.07, 6.45) is 6.89. The van der Waals surface area contributed by atoms with E-state index in [0.29, 0.717) is 0 Å². The van der Waals surface area contributed by atoms with Crippen molar-refractivity contribution >= 4 is 32.5 Å². The van der Waals surface area contributed by atoms with Crippen LogP contribution in [-0.4, -0.2) is 9.95 Å². The first-order valence-corrected chi connectivity index (χ1v) is 5.12. The van der Waals surface area contributed by atoms with Crippen molar-refractivity contribution in [2.45, 2.75) is 6.92 Å². The molecule has 0 saturated carbocycles. The summed E-state index contributed by atoms with van der Waals surface area (Å²) in [6, 6.07) is -0.602. The normalized spacial score (nSPS) is 10.9. The van der Waals surface area contributed by atoms with Gasteiger partial charge in [-0.25, -0.2) is 4.79 Å². The Morgan fingerprint density at radius 2 is 1.93 bits per heavy atom. The van der Waals surface area contributed by atoms with E-state index >= 15 is 0 Å². The minimum absolute atomic E-state index is 0.444. The molecular formula is C9H12IN3O2. The smallest absolute Gasteiger partial charge is 0.302 e. The van der Waals surface area contributed by atoms with Crippen LogP contribution in [0.5, 0.6) is 0 Å². The number of hydrogen-bond donors (Lipinski definition) is 3. The lowest BCUT2D eigenvalue weighted by atomic mass is 10.4. The van der Waals surface area contributed by atoms with Crippen molar-refractivity contribution in [1.82, 2.24) is 16.2 Å². The minimum atomic E-state index is -0.602. The number of amides is 3. The molecule has 0 rings (SSSR count). The third-order valence-corrected chi connectivity index (χ3v) is 1.45. The van der Waals surface area contributed by atoms with Gasteiger partial charge in [0.25, 0.3) is 3.91 Å². The summed E-state index contributed by atoms with van der Waals surface area (Å²) in [5.74, 6) is 0. The highest BCUT2D eigenvalue weighted by Crippen LogP contribution is 1.86. The van der Waals surface area contributed by atoms with Crippen LogP contribution in [0.3, 0.4) is 0 Å². The summed E-state index contributed by atoms with van der Waals surface area (Å²) in [6.45, 7) is 5.27. The molecule has 3 N–H and O–H groups in total. The van der Waals surface area contributed by atoms with E-state index in [4.69, 9.17) is 0 Å². The molecule has 0 aliphatic heterocycles. The second kappa shape index (κ2) is 8.04. The van der Waals surface area contributed by atoms with Gasteiger partial charge in [-0.1, -0.05) is 24.8 Å². The van der Waals surface area contributed by atoms with Gasteiger partial charge in [-0.15, -0.1) is 0 Å². The molecule has 0 unspecified atom stereocenters. The maximum atomic E-state index is 10.9. The fraction of sp³-hybridized carbons (Fsp3) is 0.111. The van der Waals surface area contributed by atoms with Gasteiger partial charge in [0, 0.05) is 28.3 Å². The zero-order chi connectivity index (χ0) is 11.7. The zero-order valence-electron chi connectivity index (χ0n) is 8.21. The van der Waals surface area contributed by atoms with Gasteiger partial charge in [0.15, 0.2) is 0 Å². The highest BCUT2D eigenvalue weighted by atomic mass is 127. The molecule has 0 aromatic rings. The molecule has 0 aromatic carbocycles. The summed E-state index contributed by atoms with van der Waals surface area (Å²) >= 11 is 1.47. The first-order chi connectivity index (χ1) is 7.06. The van der Waals surface area contributed by atoms with Crippen LogP contribution < -0.4 is 16.2 Å². The lowest BCUT2D eigenvalue weighted by Gasteiger charge is -2.07. The fourth-order valence-electron chi connectivity index (χ4n) is 0.596. The number of carbonyl (C=O) groups excluding carboxylic acids is 2. The van der Waals surface area contributed by atoms with Gasteiger partial charge < -0.3 is 5.43 Å². The third-order valence-electron chi connectivity index (χ3n) is 1.18. The Labute approximate surface area is 102 Å². The van der Waals surface area contributed by atoms with Gasteiger partial charge in [-0.3, -0.25) is 15.5 Å². The Balaban J connectivity index is 3.89. The Hall–Kier alpha value is -1.31. The summed E-state index contributed by atoms with van der Waals surface area (Å²) in [4.78, 5) is 21.4. The molecule has 3 amide bonds. The summed E-state index contributed by atoms with van der Waals surface area (Å²) in [7, 11) is 0. The maximum Gasteiger partial charge on any atom is 0.340 e. The van der Waals surface area contributed by atoms with Crippen molar-refractivity contribution in [3.8, 4) is 0 Å². The average molecular weight is 321 g/mol. The molecule has 0 spiro atoms. The molecule has 0 fully saturated rings. The Morgan fingerprint density at radius 1 is 1.27 bits per heavy atom. The largest absolute Gasteiger partial charge is 0.340 e. The number of carbonyl (C=O) groups is 2. The van der Waals surface area contributed by atoms with Crippen LogP contribution in [0.1, 0.15) is 6.92 Å². The number of hydrogen-bond acceptors (Lipinski definition) is 3. The molecule has 0 bridgehead atoms. The predicted molar refractivity (Wildman–Crippen MR) is 67.3 cm³/mol. The van der Waals surface area contributed by atoms with E-state index < -0.39 is 9.95 Å². The topological polar surface area (TPSA) is 70.2 Å². The predicted octanol–water partition coefficient (Wildman–Crippen LogP) is 1.99. The third kappa shape index (κ3) is 9.01. The van der Waals surface area contributed by atoms with E-state index in [-0.39, 0.29) is 0 Å². The average Bonchev–Trinajstić information content (AvgIpc) is 2.14. The van der Waals surface area contributed by atoms with Crippen molar-refractivity contribution < 1.29 is 9.59 Å². The van der Waals surface area contributed by atoms with Gasteiger partial charge in [0.1, 0.15) is 0 Å². The van der Waals surface area contributed by atoms with E-state index in [2.05, 4.69) is 17.4 Å². The molecule has 0 heterocycles. The second-order valence-corrected chi connectivity index (χ2v) is 3.43. The van der Waals surface area contributed by atoms with Crippen LogP contribution in [0.15, 0.2) is 36.6 Å². The van der Waals surface area contributed by atoms with Gasteiger partial charge in [0.05, 0.1) is 0 Å². The van der Waals surface area contributed by atoms with Crippen molar-refractivity contribution in [2.75, 3.05) is 0 Å². The van der Waals surface area contributed by atoms with Crippen molar-refractivity contribution in [3.05, 3.63) is 36.6 Å². The standard InChI is InChI=1S/C9H12IN3O2/c1-3-4-5-6-7(2)12-13-9(15)11-8(10)14/h3-6,12H,1H2,2H3,(H2,11,13,14,15)/b5-4-,7-6+. The van der Waals surface area contributed by atoms with Crippen LogP contribution in [0.25, 0.3) is 0 Å². The van der Waals surface area contributed by atoms with Gasteiger partial charge >= 0.3 is 6.03 Å². The first-order valence-electron chi connectivity index (χ1n) is 4.04. The van der Waals surface area contributed by atoms with Crippen LogP contribution in [-0.2, 0) is 0 Å². The summed E-state index contributed by atoms with van der Waals surface area (Å²) in [5, 5.41) is 2.04. The summed E-state index contributed by atoms with van der Waals surface area (Å²) in [5.41, 5.74) is 5.62. The van der Waals surface area contributed by atoms with Crippen LogP contribution >= 0.6 is 22.6 Å². The first kappa shape index (κ1) is 13.7. The number of hydrazine groups is 1. The lowest BCUT2D eigenvalue weighted by Crippen LogP contribution is -2.43. The lowest BCUT2D eigenvalue weighted by molar-refractivity contribution is 0.235. The maximum absolute atomic E-state index is 10.9. The SMILES string of the molecule is C=C/C=C\C=C(/C)NNC(=O)NC(=O)I. The molecule has 0 aliphatic carbocycles. The molecule has 5 nitrogen and oxygen atoms in total. The molecule has 0 atom stereocenters. The Kier molecular flexibility index (Phi) is 7.33. The molecule has 0 aliphatic rings. The van der Waals surface area contributed by atoms with E-state index in [1.54, 1.807) is 31.2 Å². The second-order valence-electron chi connectivity index (χ2n) is 2.45. The van der Waals surface area contributed by atoms with Crippen LogP contribution in [0.4, 0.5) is 9.59 Å². The number of nitrogens with one attached hydrogen (secondary N) is 3. The van der Waals surface area contributed by atoms with E-state index in [9.17, 15) is 9.59 Å². The fourth-order valence-corrected chi connectivity index (χ4v) is 0.841. The highest BCUT2D eigenvalue weighted by molar-refractivity contribution is 14.1. The number of halogens is 1. The molecule has 15 heavy (non-hydrogen) atoms. The Bertz CT molecular complexity index is 310. The van der Waals surface area contributed by atoms with E-state index in [0.717, 1.165) is 5.70 Å². The molecule has 82 valence electrons. The van der Waals surface area contributed by atoms with Gasteiger partial charge in [-0.05, 0) is 13.0 Å². The molecule has 0 aromatic heterocycles. The van der Waals surface area contributed by atoms with Crippen LogP contribution in [0, 0.1) is 0 Å². The van der Waals surface area contributed by atoms with Gasteiger partial charge in [0.2, 0.25) is 0 Å². The monoisotopic (exact) mass is 321 g/mol. The number of urea groups is 1. The Morgan fingerprint density at radius 3 is 2.47 bits per heavy atom. The van der Waals surface area contributed by atoms with Crippen molar-refractivity contribution in [1.29, 1.82) is 0 Å². The number of imide groups is 1.